The van der Waals surface area contributed by atoms with Gasteiger partial charge in [0.1, 0.15) is 23.8 Å². The molecule has 5 unspecified atom stereocenters. The molecule has 0 aromatic heterocycles. The number of hydrogen-bond donors (Lipinski definition) is 2. The smallest absolute Gasteiger partial charge is 0.410 e. The molecule has 1 aromatic rings. The minimum atomic E-state index is -1.37. The lowest BCUT2D eigenvalue weighted by atomic mass is 10.1. The Labute approximate surface area is 215 Å². The van der Waals surface area contributed by atoms with E-state index >= 15 is 0 Å². The van der Waals surface area contributed by atoms with Crippen LogP contribution in [0.25, 0.3) is 0 Å². The summed E-state index contributed by atoms with van der Waals surface area (Å²) >= 11 is 0. The number of nitrogens with zero attached hydrogens (tertiary/aromatic N) is 2. The Bertz CT molecular complexity index is 1100. The van der Waals surface area contributed by atoms with E-state index in [9.17, 15) is 24.3 Å². The number of carbonyl (C=O) groups is 4. The van der Waals surface area contributed by atoms with Crippen LogP contribution in [0.1, 0.15) is 50.2 Å². The van der Waals surface area contributed by atoms with Gasteiger partial charge in [-0.2, -0.15) is 0 Å². The van der Waals surface area contributed by atoms with Crippen molar-refractivity contribution in [3.05, 3.63) is 47.5 Å². The number of carboxylic acid groups (broad SMARTS) is 1. The van der Waals surface area contributed by atoms with Crippen LogP contribution in [-0.4, -0.2) is 75.7 Å². The van der Waals surface area contributed by atoms with Crippen LogP contribution in [0, 0.1) is 5.92 Å². The standard InChI is InChI=1S/C27H33N3O7/c1-17-24(32)30-16-21(37-26(35)29-14-18-8-5-6-9-19(18)15-29)12-22(30)23(31)28-27(25(33)34)13-20(27)10-4-2-3-7-11-36-17/h4-6,8-10,17,20-22H,2-3,7,11-16H2,1H3,(H,28,31)(H,33,34). The zero-order valence-corrected chi connectivity index (χ0v) is 20.9. The number of hydrogen-bond acceptors (Lipinski definition) is 6. The molecular weight excluding hydrogens is 478 g/mol. The first kappa shape index (κ1) is 25.3. The largest absolute Gasteiger partial charge is 0.479 e. The van der Waals surface area contributed by atoms with E-state index in [1.165, 1.54) is 4.90 Å². The van der Waals surface area contributed by atoms with E-state index in [4.69, 9.17) is 9.47 Å². The van der Waals surface area contributed by atoms with Crippen molar-refractivity contribution in [2.45, 2.75) is 75.9 Å². The van der Waals surface area contributed by atoms with Gasteiger partial charge in [0.2, 0.25) is 5.91 Å². The van der Waals surface area contributed by atoms with Gasteiger partial charge in [0.15, 0.2) is 0 Å². The van der Waals surface area contributed by atoms with E-state index in [0.29, 0.717) is 26.1 Å². The number of amides is 3. The Hall–Kier alpha value is -3.40. The fourth-order valence-electron chi connectivity index (χ4n) is 5.51. The quantitative estimate of drug-likeness (QED) is 0.583. The number of allylic oxidation sites excluding steroid dienone is 1. The number of nitrogens with one attached hydrogen (secondary N) is 1. The number of benzene rings is 1. The summed E-state index contributed by atoms with van der Waals surface area (Å²) in [5.41, 5.74) is 0.748. The second-order valence-electron chi connectivity index (χ2n) is 10.4. The van der Waals surface area contributed by atoms with Crippen LogP contribution >= 0.6 is 0 Å². The van der Waals surface area contributed by atoms with Crippen LogP contribution in [0.15, 0.2) is 36.4 Å². The molecule has 5 rings (SSSR count). The molecule has 2 fully saturated rings. The summed E-state index contributed by atoms with van der Waals surface area (Å²) < 4.78 is 11.5. The van der Waals surface area contributed by atoms with Crippen molar-refractivity contribution in [2.75, 3.05) is 13.2 Å². The lowest BCUT2D eigenvalue weighted by molar-refractivity contribution is -0.149. The molecule has 1 aromatic carbocycles. The number of aliphatic carboxylic acids is 1. The molecule has 0 radical (unpaired) electrons. The van der Waals surface area contributed by atoms with Crippen molar-refractivity contribution < 1.29 is 33.8 Å². The lowest BCUT2D eigenvalue weighted by Crippen LogP contribution is -2.54. The summed E-state index contributed by atoms with van der Waals surface area (Å²) in [5, 5.41) is 12.6. The fourth-order valence-corrected chi connectivity index (χ4v) is 5.51. The Morgan fingerprint density at radius 2 is 1.89 bits per heavy atom. The van der Waals surface area contributed by atoms with Gasteiger partial charge in [0, 0.05) is 32.0 Å². The van der Waals surface area contributed by atoms with E-state index in [1.807, 2.05) is 36.4 Å². The van der Waals surface area contributed by atoms with Gasteiger partial charge in [-0.15, -0.1) is 0 Å². The Morgan fingerprint density at radius 1 is 1.16 bits per heavy atom. The summed E-state index contributed by atoms with van der Waals surface area (Å²) in [6.45, 7) is 2.97. The molecule has 3 amide bonds. The molecule has 37 heavy (non-hydrogen) atoms. The normalized spacial score (nSPS) is 31.9. The predicted molar refractivity (Wildman–Crippen MR) is 131 cm³/mol. The van der Waals surface area contributed by atoms with Crippen LogP contribution < -0.4 is 5.32 Å². The van der Waals surface area contributed by atoms with E-state index in [-0.39, 0.29) is 24.8 Å². The molecule has 10 nitrogen and oxygen atoms in total. The van der Waals surface area contributed by atoms with E-state index in [0.717, 1.165) is 30.4 Å². The average Bonchev–Trinajstić information content (AvgIpc) is 3.20. The maximum Gasteiger partial charge on any atom is 0.410 e. The number of fused-ring (bicyclic) bond motifs is 3. The minimum absolute atomic E-state index is 0.0422. The average molecular weight is 512 g/mol. The molecule has 4 aliphatic rings. The first-order chi connectivity index (χ1) is 17.8. The highest BCUT2D eigenvalue weighted by atomic mass is 16.6. The van der Waals surface area contributed by atoms with Crippen molar-refractivity contribution in [3.63, 3.8) is 0 Å². The first-order valence-corrected chi connectivity index (χ1v) is 12.9. The highest BCUT2D eigenvalue weighted by Crippen LogP contribution is 2.45. The molecule has 1 saturated carbocycles. The molecular formula is C27H33N3O7. The lowest BCUT2D eigenvalue weighted by Gasteiger charge is -2.27. The topological polar surface area (TPSA) is 125 Å². The molecule has 3 aliphatic heterocycles. The van der Waals surface area contributed by atoms with Gasteiger partial charge < -0.3 is 24.8 Å². The number of carboxylic acids is 1. The van der Waals surface area contributed by atoms with E-state index in [2.05, 4.69) is 5.32 Å². The number of ether oxygens (including phenoxy) is 2. The van der Waals surface area contributed by atoms with Gasteiger partial charge in [0.05, 0.1) is 6.54 Å². The van der Waals surface area contributed by atoms with Crippen molar-refractivity contribution in [1.82, 2.24) is 15.1 Å². The van der Waals surface area contributed by atoms with E-state index in [1.54, 1.807) is 11.8 Å². The van der Waals surface area contributed by atoms with Gasteiger partial charge in [-0.25, -0.2) is 9.59 Å². The van der Waals surface area contributed by atoms with E-state index < -0.39 is 41.8 Å². The molecule has 1 saturated heterocycles. The SMILES string of the molecule is CC1OCCCCC=CC2CC2(C(=O)O)NC(=O)C2CC(OC(=O)N3Cc4ccccc4C3)CN2C1=O. The third-order valence-electron chi connectivity index (χ3n) is 7.81. The summed E-state index contributed by atoms with van der Waals surface area (Å²) in [6, 6.07) is 6.83. The summed E-state index contributed by atoms with van der Waals surface area (Å²) in [5.74, 6) is -2.33. The Balaban J connectivity index is 1.31. The molecule has 3 heterocycles. The van der Waals surface area contributed by atoms with Crippen molar-refractivity contribution >= 4 is 23.9 Å². The second-order valence-corrected chi connectivity index (χ2v) is 10.4. The van der Waals surface area contributed by atoms with Crippen LogP contribution in [0.2, 0.25) is 0 Å². The highest BCUT2D eigenvalue weighted by Gasteiger charge is 2.61. The second kappa shape index (κ2) is 10.2. The van der Waals surface area contributed by atoms with Gasteiger partial charge in [-0.3, -0.25) is 14.5 Å². The molecule has 0 bridgehead atoms. The predicted octanol–water partition coefficient (Wildman–Crippen LogP) is 2.21. The highest BCUT2D eigenvalue weighted by molar-refractivity contribution is 5.95. The zero-order chi connectivity index (χ0) is 26.2. The van der Waals surface area contributed by atoms with Gasteiger partial charge >= 0.3 is 12.1 Å². The number of carbonyl (C=O) groups excluding carboxylic acids is 3. The third kappa shape index (κ3) is 5.07. The van der Waals surface area contributed by atoms with Gasteiger partial charge in [-0.1, -0.05) is 36.4 Å². The van der Waals surface area contributed by atoms with Gasteiger partial charge in [-0.05, 0) is 43.7 Å². The molecule has 10 heteroatoms. The Morgan fingerprint density at radius 3 is 2.59 bits per heavy atom. The molecule has 1 aliphatic carbocycles. The fraction of sp³-hybridized carbons (Fsp3) is 0.556. The Kier molecular flexibility index (Phi) is 6.94. The molecule has 0 spiro atoms. The number of rotatable bonds is 2. The zero-order valence-electron chi connectivity index (χ0n) is 20.9. The maximum absolute atomic E-state index is 13.4. The monoisotopic (exact) mass is 511 g/mol. The van der Waals surface area contributed by atoms with Crippen LogP contribution in [0.3, 0.4) is 0 Å². The van der Waals surface area contributed by atoms with Crippen molar-refractivity contribution in [3.8, 4) is 0 Å². The molecule has 5 atom stereocenters. The van der Waals surface area contributed by atoms with Crippen LogP contribution in [0.4, 0.5) is 4.79 Å². The molecule has 2 N–H and O–H groups in total. The van der Waals surface area contributed by atoms with Crippen LogP contribution in [-0.2, 0) is 36.9 Å². The maximum atomic E-state index is 13.4. The van der Waals surface area contributed by atoms with Crippen LogP contribution in [0.5, 0.6) is 0 Å². The summed E-state index contributed by atoms with van der Waals surface area (Å²) in [4.78, 5) is 54.7. The summed E-state index contributed by atoms with van der Waals surface area (Å²) in [7, 11) is 0. The first-order valence-electron chi connectivity index (χ1n) is 12.9. The van der Waals surface area contributed by atoms with Crippen molar-refractivity contribution in [2.24, 2.45) is 5.92 Å². The van der Waals surface area contributed by atoms with Gasteiger partial charge in [0.25, 0.3) is 5.91 Å². The molecule has 198 valence electrons. The third-order valence-corrected chi connectivity index (χ3v) is 7.81. The summed E-state index contributed by atoms with van der Waals surface area (Å²) in [6.07, 6.45) is 4.60. The minimum Gasteiger partial charge on any atom is -0.479 e. The van der Waals surface area contributed by atoms with Crippen molar-refractivity contribution in [1.29, 1.82) is 0 Å².